The minimum atomic E-state index is -1.02. The van der Waals surface area contributed by atoms with Crippen LogP contribution in [0.5, 0.6) is 0 Å². The van der Waals surface area contributed by atoms with Gasteiger partial charge in [0.25, 0.3) is 0 Å². The highest BCUT2D eigenvalue weighted by Crippen LogP contribution is 1.98. The summed E-state index contributed by atoms with van der Waals surface area (Å²) in [6.07, 6.45) is 2.35. The molecule has 15 heavy (non-hydrogen) atoms. The number of nitrogens with zero attached hydrogens (tertiary/aromatic N) is 1. The Labute approximate surface area is 89.8 Å². The molecule has 0 saturated carbocycles. The maximum atomic E-state index is 11.5. The molecule has 2 atom stereocenters. The summed E-state index contributed by atoms with van der Waals surface area (Å²) in [5.74, 6) is -1.02. The van der Waals surface area contributed by atoms with E-state index < -0.39 is 12.0 Å². The Kier molecular flexibility index (Phi) is 5.44. The van der Waals surface area contributed by atoms with Crippen molar-refractivity contribution in [1.82, 2.24) is 10.2 Å². The fourth-order valence-electron chi connectivity index (χ4n) is 0.963. The van der Waals surface area contributed by atoms with Gasteiger partial charge in [-0.1, -0.05) is 6.08 Å². The van der Waals surface area contributed by atoms with Gasteiger partial charge in [0.05, 0.1) is 0 Å². The standard InChI is InChI=1S/C10H18N2O3/c1-5-6-7(2)11-10(15)12(4)8(3)9(13)14/h5,7-8H,1,6H2,2-4H3,(H,11,15)(H,13,14). The molecule has 0 aromatic carbocycles. The molecule has 0 aliphatic rings. The zero-order valence-corrected chi connectivity index (χ0v) is 9.36. The van der Waals surface area contributed by atoms with Crippen molar-refractivity contribution in [2.75, 3.05) is 7.05 Å². The Morgan fingerprint density at radius 2 is 2.07 bits per heavy atom. The number of carboxylic acid groups (broad SMARTS) is 1. The van der Waals surface area contributed by atoms with Crippen LogP contribution in [0.2, 0.25) is 0 Å². The molecule has 2 unspecified atom stereocenters. The van der Waals surface area contributed by atoms with E-state index in [1.54, 1.807) is 6.08 Å². The quantitative estimate of drug-likeness (QED) is 0.672. The maximum Gasteiger partial charge on any atom is 0.326 e. The van der Waals surface area contributed by atoms with Gasteiger partial charge in [0.15, 0.2) is 0 Å². The van der Waals surface area contributed by atoms with Gasteiger partial charge in [0, 0.05) is 13.1 Å². The van der Waals surface area contributed by atoms with Gasteiger partial charge in [0.2, 0.25) is 0 Å². The molecule has 5 nitrogen and oxygen atoms in total. The monoisotopic (exact) mass is 214 g/mol. The molecule has 0 radical (unpaired) electrons. The molecule has 5 heteroatoms. The number of carbonyl (C=O) groups is 2. The van der Waals surface area contributed by atoms with E-state index in [1.807, 2.05) is 6.92 Å². The number of carbonyl (C=O) groups excluding carboxylic acids is 1. The van der Waals surface area contributed by atoms with Crippen LogP contribution in [0.1, 0.15) is 20.3 Å². The van der Waals surface area contributed by atoms with E-state index in [4.69, 9.17) is 5.11 Å². The highest BCUT2D eigenvalue weighted by molar-refractivity contribution is 5.82. The van der Waals surface area contributed by atoms with Crippen molar-refractivity contribution in [2.45, 2.75) is 32.4 Å². The molecule has 0 heterocycles. The number of carboxylic acids is 1. The summed E-state index contributed by atoms with van der Waals surface area (Å²) in [5, 5.41) is 11.4. The molecular formula is C10H18N2O3. The molecule has 0 fully saturated rings. The van der Waals surface area contributed by atoms with Crippen molar-refractivity contribution < 1.29 is 14.7 Å². The zero-order valence-electron chi connectivity index (χ0n) is 9.36. The van der Waals surface area contributed by atoms with Crippen LogP contribution in [-0.2, 0) is 4.79 Å². The normalized spacial score (nSPS) is 13.8. The van der Waals surface area contributed by atoms with Crippen LogP contribution in [-0.4, -0.2) is 41.1 Å². The molecule has 0 aromatic rings. The van der Waals surface area contributed by atoms with E-state index in [-0.39, 0.29) is 12.1 Å². The third-order valence-corrected chi connectivity index (χ3v) is 2.15. The summed E-state index contributed by atoms with van der Waals surface area (Å²) in [7, 11) is 1.45. The first-order valence-electron chi connectivity index (χ1n) is 4.77. The van der Waals surface area contributed by atoms with Crippen molar-refractivity contribution >= 4 is 12.0 Å². The smallest absolute Gasteiger partial charge is 0.326 e. The third kappa shape index (κ3) is 4.49. The first-order chi connectivity index (χ1) is 6.90. The van der Waals surface area contributed by atoms with Crippen LogP contribution in [0, 0.1) is 0 Å². The molecule has 0 rings (SSSR count). The Balaban J connectivity index is 4.20. The molecule has 0 spiro atoms. The largest absolute Gasteiger partial charge is 0.480 e. The van der Waals surface area contributed by atoms with Crippen molar-refractivity contribution in [3.05, 3.63) is 12.7 Å². The van der Waals surface area contributed by atoms with Crippen molar-refractivity contribution in [2.24, 2.45) is 0 Å². The lowest BCUT2D eigenvalue weighted by Crippen LogP contribution is -2.48. The predicted octanol–water partition coefficient (Wildman–Crippen LogP) is 1.07. The molecule has 0 aromatic heterocycles. The van der Waals surface area contributed by atoms with Gasteiger partial charge in [-0.05, 0) is 20.3 Å². The fourth-order valence-corrected chi connectivity index (χ4v) is 0.963. The van der Waals surface area contributed by atoms with Crippen molar-refractivity contribution in [1.29, 1.82) is 0 Å². The maximum absolute atomic E-state index is 11.5. The summed E-state index contributed by atoms with van der Waals surface area (Å²) >= 11 is 0. The lowest BCUT2D eigenvalue weighted by molar-refractivity contribution is -0.141. The number of likely N-dealkylation sites (N-methyl/N-ethyl adjacent to an activating group) is 1. The van der Waals surface area contributed by atoms with Crippen molar-refractivity contribution in [3.8, 4) is 0 Å². The summed E-state index contributed by atoms with van der Waals surface area (Å²) in [6.45, 7) is 6.85. The van der Waals surface area contributed by atoms with Crippen molar-refractivity contribution in [3.63, 3.8) is 0 Å². The Morgan fingerprint density at radius 1 is 1.53 bits per heavy atom. The molecule has 0 bridgehead atoms. The second-order valence-electron chi connectivity index (χ2n) is 3.50. The van der Waals surface area contributed by atoms with E-state index in [9.17, 15) is 9.59 Å². The van der Waals surface area contributed by atoms with Crippen LogP contribution in [0.15, 0.2) is 12.7 Å². The summed E-state index contributed by atoms with van der Waals surface area (Å²) in [4.78, 5) is 23.3. The van der Waals surface area contributed by atoms with Crippen LogP contribution in [0.3, 0.4) is 0 Å². The first kappa shape index (κ1) is 13.5. The van der Waals surface area contributed by atoms with Gasteiger partial charge >= 0.3 is 12.0 Å². The fraction of sp³-hybridized carbons (Fsp3) is 0.600. The van der Waals surface area contributed by atoms with Gasteiger partial charge in [-0.3, -0.25) is 0 Å². The Bertz CT molecular complexity index is 253. The second kappa shape index (κ2) is 6.06. The van der Waals surface area contributed by atoms with Gasteiger partial charge < -0.3 is 15.3 Å². The molecule has 86 valence electrons. The Morgan fingerprint density at radius 3 is 2.47 bits per heavy atom. The molecule has 0 aliphatic heterocycles. The highest BCUT2D eigenvalue weighted by Gasteiger charge is 2.22. The lowest BCUT2D eigenvalue weighted by Gasteiger charge is -2.23. The summed E-state index contributed by atoms with van der Waals surface area (Å²) in [6, 6.07) is -1.27. The summed E-state index contributed by atoms with van der Waals surface area (Å²) in [5.41, 5.74) is 0. The minimum Gasteiger partial charge on any atom is -0.480 e. The molecular weight excluding hydrogens is 196 g/mol. The SMILES string of the molecule is C=CCC(C)NC(=O)N(C)C(C)C(=O)O. The summed E-state index contributed by atoms with van der Waals surface area (Å²) < 4.78 is 0. The predicted molar refractivity (Wildman–Crippen MR) is 57.7 cm³/mol. The third-order valence-electron chi connectivity index (χ3n) is 2.15. The Hall–Kier alpha value is -1.52. The van der Waals surface area contributed by atoms with E-state index in [0.717, 1.165) is 4.90 Å². The number of aliphatic carboxylic acids is 1. The van der Waals surface area contributed by atoms with E-state index in [0.29, 0.717) is 6.42 Å². The number of hydrogen-bond donors (Lipinski definition) is 2. The number of amides is 2. The molecule has 0 saturated heterocycles. The van der Waals surface area contributed by atoms with E-state index in [1.165, 1.54) is 14.0 Å². The first-order valence-corrected chi connectivity index (χ1v) is 4.77. The number of rotatable bonds is 5. The lowest BCUT2D eigenvalue weighted by atomic mass is 10.2. The molecule has 0 aliphatic carbocycles. The second-order valence-corrected chi connectivity index (χ2v) is 3.50. The zero-order chi connectivity index (χ0) is 12.0. The van der Waals surface area contributed by atoms with Gasteiger partial charge in [0.1, 0.15) is 6.04 Å². The minimum absolute atomic E-state index is 0.0431. The average Bonchev–Trinajstić information content (AvgIpc) is 2.15. The van der Waals surface area contributed by atoms with E-state index >= 15 is 0 Å². The molecule has 2 amide bonds. The topological polar surface area (TPSA) is 69.6 Å². The highest BCUT2D eigenvalue weighted by atomic mass is 16.4. The number of nitrogens with one attached hydrogen (secondary N) is 1. The van der Waals surface area contributed by atoms with Crippen LogP contribution in [0.25, 0.3) is 0 Å². The van der Waals surface area contributed by atoms with Gasteiger partial charge in [-0.15, -0.1) is 6.58 Å². The van der Waals surface area contributed by atoms with Gasteiger partial charge in [-0.2, -0.15) is 0 Å². The number of urea groups is 1. The van der Waals surface area contributed by atoms with Crippen LogP contribution < -0.4 is 5.32 Å². The molecule has 2 N–H and O–H groups in total. The van der Waals surface area contributed by atoms with Crippen LogP contribution >= 0.6 is 0 Å². The average molecular weight is 214 g/mol. The van der Waals surface area contributed by atoms with Crippen LogP contribution in [0.4, 0.5) is 4.79 Å². The van der Waals surface area contributed by atoms with Gasteiger partial charge in [-0.25, -0.2) is 9.59 Å². The van der Waals surface area contributed by atoms with E-state index in [2.05, 4.69) is 11.9 Å². The number of hydrogen-bond acceptors (Lipinski definition) is 2.